The molecule has 3 heteroatoms. The summed E-state index contributed by atoms with van der Waals surface area (Å²) in [6.07, 6.45) is 2.34. The maximum absolute atomic E-state index is 9.29. The second-order valence-electron chi connectivity index (χ2n) is 5.55. The van der Waals surface area contributed by atoms with Gasteiger partial charge in [-0.3, -0.25) is 0 Å². The van der Waals surface area contributed by atoms with E-state index in [4.69, 9.17) is 0 Å². The van der Waals surface area contributed by atoms with Gasteiger partial charge in [0, 0.05) is 31.0 Å². The molecule has 3 nitrogen and oxygen atoms in total. The highest BCUT2D eigenvalue weighted by Crippen LogP contribution is 2.19. The van der Waals surface area contributed by atoms with Gasteiger partial charge in [-0.05, 0) is 54.8 Å². The molecule has 0 aliphatic rings. The summed E-state index contributed by atoms with van der Waals surface area (Å²) in [5, 5.41) is 12.7. The van der Waals surface area contributed by atoms with E-state index in [0.717, 1.165) is 30.9 Å². The Bertz CT molecular complexity index is 543. The van der Waals surface area contributed by atoms with E-state index in [1.165, 1.54) is 18.5 Å². The van der Waals surface area contributed by atoms with E-state index in [1.54, 1.807) is 12.1 Å². The molecule has 0 saturated carbocycles. The molecule has 22 heavy (non-hydrogen) atoms. The number of anilines is 2. The Morgan fingerprint density at radius 1 is 0.864 bits per heavy atom. The van der Waals surface area contributed by atoms with Gasteiger partial charge >= 0.3 is 0 Å². The van der Waals surface area contributed by atoms with Gasteiger partial charge in [0.25, 0.3) is 0 Å². The van der Waals surface area contributed by atoms with Crippen molar-refractivity contribution in [1.29, 1.82) is 0 Å². The molecule has 2 aromatic rings. The first kappa shape index (κ1) is 16.2. The van der Waals surface area contributed by atoms with Gasteiger partial charge in [0.1, 0.15) is 5.75 Å². The molecular formula is C19H26N2O. The van der Waals surface area contributed by atoms with E-state index in [2.05, 4.69) is 48.3 Å². The Morgan fingerprint density at radius 3 is 2.00 bits per heavy atom. The van der Waals surface area contributed by atoms with Crippen molar-refractivity contribution in [3.63, 3.8) is 0 Å². The Balaban J connectivity index is 1.94. The third-order valence-corrected chi connectivity index (χ3v) is 3.65. The number of nitrogens with one attached hydrogen (secondary N) is 1. The fourth-order valence-corrected chi connectivity index (χ4v) is 2.52. The van der Waals surface area contributed by atoms with Crippen molar-refractivity contribution in [1.82, 2.24) is 0 Å². The van der Waals surface area contributed by atoms with Crippen molar-refractivity contribution in [3.8, 4) is 5.75 Å². The lowest BCUT2D eigenvalue weighted by molar-refractivity contribution is 0.475. The minimum atomic E-state index is 0.306. The first-order valence-corrected chi connectivity index (χ1v) is 8.09. The van der Waals surface area contributed by atoms with E-state index < -0.39 is 0 Å². The van der Waals surface area contributed by atoms with E-state index >= 15 is 0 Å². The van der Waals surface area contributed by atoms with Gasteiger partial charge in [-0.25, -0.2) is 0 Å². The van der Waals surface area contributed by atoms with Crippen LogP contribution in [0, 0.1) is 0 Å². The van der Waals surface area contributed by atoms with Crippen LogP contribution in [0.5, 0.6) is 5.75 Å². The van der Waals surface area contributed by atoms with Crippen LogP contribution in [0.25, 0.3) is 0 Å². The van der Waals surface area contributed by atoms with Gasteiger partial charge in [-0.2, -0.15) is 0 Å². The molecule has 118 valence electrons. The largest absolute Gasteiger partial charge is 0.508 e. The van der Waals surface area contributed by atoms with Crippen molar-refractivity contribution in [2.45, 2.75) is 33.2 Å². The smallest absolute Gasteiger partial charge is 0.115 e. The Kier molecular flexibility index (Phi) is 6.13. The normalized spacial score (nSPS) is 10.5. The van der Waals surface area contributed by atoms with Crippen molar-refractivity contribution >= 4 is 11.4 Å². The van der Waals surface area contributed by atoms with Gasteiger partial charge in [0.05, 0.1) is 0 Å². The van der Waals surface area contributed by atoms with Crippen LogP contribution in [0.3, 0.4) is 0 Å². The maximum atomic E-state index is 9.29. The minimum Gasteiger partial charge on any atom is -0.508 e. The number of hydrogen-bond donors (Lipinski definition) is 2. The molecule has 0 heterocycles. The second-order valence-corrected chi connectivity index (χ2v) is 5.55. The Hall–Kier alpha value is -2.16. The zero-order valence-corrected chi connectivity index (χ0v) is 13.5. The number of hydrogen-bond acceptors (Lipinski definition) is 3. The fourth-order valence-electron chi connectivity index (χ4n) is 2.52. The fraction of sp³-hybridized carbons (Fsp3) is 0.368. The van der Waals surface area contributed by atoms with Crippen molar-refractivity contribution in [2.75, 3.05) is 23.3 Å². The van der Waals surface area contributed by atoms with Crippen molar-refractivity contribution in [3.05, 3.63) is 54.1 Å². The third kappa shape index (κ3) is 4.69. The molecule has 0 aliphatic heterocycles. The van der Waals surface area contributed by atoms with Crippen LogP contribution in [-0.4, -0.2) is 18.2 Å². The van der Waals surface area contributed by atoms with E-state index in [1.807, 2.05) is 12.1 Å². The predicted octanol–water partition coefficient (Wildman–Crippen LogP) is 4.63. The van der Waals surface area contributed by atoms with Crippen LogP contribution < -0.4 is 10.2 Å². The van der Waals surface area contributed by atoms with Gasteiger partial charge in [-0.1, -0.05) is 26.0 Å². The summed E-state index contributed by atoms with van der Waals surface area (Å²) < 4.78 is 0. The predicted molar refractivity (Wildman–Crippen MR) is 94.7 cm³/mol. The first-order valence-electron chi connectivity index (χ1n) is 8.09. The maximum Gasteiger partial charge on any atom is 0.115 e. The molecule has 2 N–H and O–H groups in total. The van der Waals surface area contributed by atoms with E-state index in [-0.39, 0.29) is 0 Å². The average molecular weight is 298 g/mol. The number of nitrogens with zero attached hydrogens (tertiary/aromatic N) is 1. The highest BCUT2D eigenvalue weighted by atomic mass is 16.3. The summed E-state index contributed by atoms with van der Waals surface area (Å²) >= 11 is 0. The van der Waals surface area contributed by atoms with Gasteiger partial charge in [0.2, 0.25) is 0 Å². The SMILES string of the molecule is CCCN(CCC)c1ccc(NCc2ccc(O)cc2)cc1. The van der Waals surface area contributed by atoms with Gasteiger partial charge < -0.3 is 15.3 Å². The molecule has 0 atom stereocenters. The van der Waals surface area contributed by atoms with Crippen LogP contribution in [0.4, 0.5) is 11.4 Å². The standard InChI is InChI=1S/C19H26N2O/c1-3-13-21(14-4-2)18-9-7-17(8-10-18)20-15-16-5-11-19(22)12-6-16/h5-12,20,22H,3-4,13-15H2,1-2H3. The molecule has 0 saturated heterocycles. The number of phenols is 1. The zero-order chi connectivity index (χ0) is 15.8. The van der Waals surface area contributed by atoms with Crippen LogP contribution in [0.2, 0.25) is 0 Å². The van der Waals surface area contributed by atoms with Crippen LogP contribution in [0.1, 0.15) is 32.3 Å². The van der Waals surface area contributed by atoms with Crippen LogP contribution >= 0.6 is 0 Å². The first-order chi connectivity index (χ1) is 10.7. The molecule has 2 aromatic carbocycles. The van der Waals surface area contributed by atoms with Crippen molar-refractivity contribution in [2.24, 2.45) is 0 Å². The lowest BCUT2D eigenvalue weighted by Gasteiger charge is -2.24. The number of aromatic hydroxyl groups is 1. The quantitative estimate of drug-likeness (QED) is 0.746. The summed E-state index contributed by atoms with van der Waals surface area (Å²) in [6, 6.07) is 15.9. The van der Waals surface area contributed by atoms with Gasteiger partial charge in [-0.15, -0.1) is 0 Å². The molecular weight excluding hydrogens is 272 g/mol. The number of phenolic OH excluding ortho intramolecular Hbond substituents is 1. The monoisotopic (exact) mass is 298 g/mol. The topological polar surface area (TPSA) is 35.5 Å². The lowest BCUT2D eigenvalue weighted by Crippen LogP contribution is -2.24. The Labute approximate surface area is 133 Å². The minimum absolute atomic E-state index is 0.306. The molecule has 0 unspecified atom stereocenters. The average Bonchev–Trinajstić information content (AvgIpc) is 2.55. The van der Waals surface area contributed by atoms with Crippen molar-refractivity contribution < 1.29 is 5.11 Å². The summed E-state index contributed by atoms with van der Waals surface area (Å²) in [5.41, 5.74) is 3.56. The molecule has 0 amide bonds. The van der Waals surface area contributed by atoms with E-state index in [9.17, 15) is 5.11 Å². The Morgan fingerprint density at radius 2 is 1.45 bits per heavy atom. The summed E-state index contributed by atoms with van der Waals surface area (Å²) in [6.45, 7) is 7.40. The molecule has 2 rings (SSSR count). The molecule has 0 bridgehead atoms. The van der Waals surface area contributed by atoms with Crippen LogP contribution in [0.15, 0.2) is 48.5 Å². The molecule has 0 spiro atoms. The molecule has 0 fully saturated rings. The van der Waals surface area contributed by atoms with Gasteiger partial charge in [0.15, 0.2) is 0 Å². The summed E-state index contributed by atoms with van der Waals surface area (Å²) in [5.74, 6) is 0.306. The zero-order valence-electron chi connectivity index (χ0n) is 13.5. The molecule has 0 aliphatic carbocycles. The third-order valence-electron chi connectivity index (χ3n) is 3.65. The number of rotatable bonds is 8. The van der Waals surface area contributed by atoms with Crippen LogP contribution in [-0.2, 0) is 6.54 Å². The second kappa shape index (κ2) is 8.32. The summed E-state index contributed by atoms with van der Waals surface area (Å²) in [7, 11) is 0. The highest BCUT2D eigenvalue weighted by molar-refractivity contribution is 5.55. The number of benzene rings is 2. The lowest BCUT2D eigenvalue weighted by atomic mass is 10.2. The summed E-state index contributed by atoms with van der Waals surface area (Å²) in [4.78, 5) is 2.43. The highest BCUT2D eigenvalue weighted by Gasteiger charge is 2.04. The molecule has 0 radical (unpaired) electrons. The van der Waals surface area contributed by atoms with E-state index in [0.29, 0.717) is 5.75 Å². The molecule has 0 aromatic heterocycles.